The highest BCUT2D eigenvalue weighted by atomic mass is 16.5. The van der Waals surface area contributed by atoms with E-state index in [1.165, 1.54) is 0 Å². The highest BCUT2D eigenvalue weighted by Crippen LogP contribution is 2.17. The van der Waals surface area contributed by atoms with Gasteiger partial charge < -0.3 is 16.2 Å². The van der Waals surface area contributed by atoms with Crippen LogP contribution in [-0.4, -0.2) is 19.1 Å². The molecule has 0 radical (unpaired) electrons. The lowest BCUT2D eigenvalue weighted by Crippen LogP contribution is -2.14. The lowest BCUT2D eigenvalue weighted by Gasteiger charge is -2.08. The van der Waals surface area contributed by atoms with Crippen molar-refractivity contribution in [3.05, 3.63) is 29.3 Å². The van der Waals surface area contributed by atoms with Crippen molar-refractivity contribution in [2.75, 3.05) is 13.2 Å². The SMILES string of the molecule is Cc1cc(OCCN)ccc1CC(N)=O. The van der Waals surface area contributed by atoms with Crippen LogP contribution in [0.2, 0.25) is 0 Å². The summed E-state index contributed by atoms with van der Waals surface area (Å²) in [6.07, 6.45) is 0.267. The average Bonchev–Trinajstić information content (AvgIpc) is 2.18. The maximum atomic E-state index is 10.8. The van der Waals surface area contributed by atoms with Gasteiger partial charge in [-0.1, -0.05) is 6.07 Å². The van der Waals surface area contributed by atoms with Gasteiger partial charge in [0.2, 0.25) is 5.91 Å². The fourth-order valence-corrected chi connectivity index (χ4v) is 1.32. The minimum Gasteiger partial charge on any atom is -0.492 e. The Morgan fingerprint density at radius 1 is 1.47 bits per heavy atom. The van der Waals surface area contributed by atoms with Gasteiger partial charge in [-0.2, -0.15) is 0 Å². The van der Waals surface area contributed by atoms with Crippen molar-refractivity contribution in [2.24, 2.45) is 11.5 Å². The Hall–Kier alpha value is -1.55. The third-order valence-electron chi connectivity index (χ3n) is 2.07. The molecular weight excluding hydrogens is 192 g/mol. The van der Waals surface area contributed by atoms with Crippen LogP contribution in [0.4, 0.5) is 0 Å². The first kappa shape index (κ1) is 11.5. The van der Waals surface area contributed by atoms with Crippen LogP contribution in [-0.2, 0) is 11.2 Å². The molecule has 1 aromatic rings. The molecule has 0 unspecified atom stereocenters. The van der Waals surface area contributed by atoms with Crippen molar-refractivity contribution in [2.45, 2.75) is 13.3 Å². The summed E-state index contributed by atoms with van der Waals surface area (Å²) >= 11 is 0. The molecule has 4 heteroatoms. The molecule has 4 N–H and O–H groups in total. The summed E-state index contributed by atoms with van der Waals surface area (Å²) in [4.78, 5) is 10.8. The second-order valence-electron chi connectivity index (χ2n) is 3.37. The Kier molecular flexibility index (Phi) is 4.12. The average molecular weight is 208 g/mol. The first-order valence-electron chi connectivity index (χ1n) is 4.84. The molecule has 0 bridgehead atoms. The Morgan fingerprint density at radius 2 is 2.20 bits per heavy atom. The van der Waals surface area contributed by atoms with Gasteiger partial charge in [0.15, 0.2) is 0 Å². The van der Waals surface area contributed by atoms with Crippen molar-refractivity contribution in [1.29, 1.82) is 0 Å². The molecule has 0 aromatic heterocycles. The lowest BCUT2D eigenvalue weighted by atomic mass is 10.1. The summed E-state index contributed by atoms with van der Waals surface area (Å²) in [6.45, 7) is 2.91. The third kappa shape index (κ3) is 3.59. The molecule has 1 rings (SSSR count). The van der Waals surface area contributed by atoms with Crippen LogP contribution < -0.4 is 16.2 Å². The lowest BCUT2D eigenvalue weighted by molar-refractivity contribution is -0.117. The summed E-state index contributed by atoms with van der Waals surface area (Å²) in [5, 5.41) is 0. The Morgan fingerprint density at radius 3 is 2.73 bits per heavy atom. The molecule has 1 amide bonds. The first-order valence-corrected chi connectivity index (χ1v) is 4.84. The number of hydrogen-bond donors (Lipinski definition) is 2. The fraction of sp³-hybridized carbons (Fsp3) is 0.364. The van der Waals surface area contributed by atoms with Gasteiger partial charge >= 0.3 is 0 Å². The van der Waals surface area contributed by atoms with Gasteiger partial charge in [0.1, 0.15) is 12.4 Å². The number of primary amides is 1. The van der Waals surface area contributed by atoms with Crippen molar-refractivity contribution in [3.63, 3.8) is 0 Å². The van der Waals surface area contributed by atoms with Crippen molar-refractivity contribution < 1.29 is 9.53 Å². The zero-order chi connectivity index (χ0) is 11.3. The molecule has 0 atom stereocenters. The topological polar surface area (TPSA) is 78.3 Å². The normalized spacial score (nSPS) is 10.0. The van der Waals surface area contributed by atoms with Crippen molar-refractivity contribution in [1.82, 2.24) is 0 Å². The first-order chi connectivity index (χ1) is 7.13. The minimum atomic E-state index is -0.325. The van der Waals surface area contributed by atoms with Gasteiger partial charge in [0, 0.05) is 6.54 Å². The zero-order valence-corrected chi connectivity index (χ0v) is 8.82. The maximum Gasteiger partial charge on any atom is 0.221 e. The van der Waals surface area contributed by atoms with Gasteiger partial charge in [0.25, 0.3) is 0 Å². The van der Waals surface area contributed by atoms with Crippen LogP contribution in [0.15, 0.2) is 18.2 Å². The van der Waals surface area contributed by atoms with Gasteiger partial charge in [-0.25, -0.2) is 0 Å². The van der Waals surface area contributed by atoms with E-state index in [0.29, 0.717) is 13.2 Å². The number of hydrogen-bond acceptors (Lipinski definition) is 3. The van der Waals surface area contributed by atoms with Crippen molar-refractivity contribution >= 4 is 5.91 Å². The number of nitrogens with two attached hydrogens (primary N) is 2. The molecule has 0 aliphatic carbocycles. The summed E-state index contributed by atoms with van der Waals surface area (Å²) in [5.41, 5.74) is 12.4. The summed E-state index contributed by atoms with van der Waals surface area (Å²) in [5.74, 6) is 0.444. The standard InChI is InChI=1S/C11H16N2O2/c1-8-6-10(15-5-4-12)3-2-9(8)7-11(13)14/h2-3,6H,4-5,7,12H2,1H3,(H2,13,14). The maximum absolute atomic E-state index is 10.8. The largest absolute Gasteiger partial charge is 0.492 e. The van der Waals surface area contributed by atoms with Crippen LogP contribution in [0.1, 0.15) is 11.1 Å². The third-order valence-corrected chi connectivity index (χ3v) is 2.07. The molecule has 4 nitrogen and oxygen atoms in total. The van der Waals surface area contributed by atoms with Crippen LogP contribution in [0.3, 0.4) is 0 Å². The van der Waals surface area contributed by atoms with E-state index in [1.54, 1.807) is 0 Å². The number of benzene rings is 1. The van der Waals surface area contributed by atoms with Gasteiger partial charge in [-0.15, -0.1) is 0 Å². The molecule has 0 heterocycles. The van der Waals surface area contributed by atoms with Crippen molar-refractivity contribution in [3.8, 4) is 5.75 Å². The van der Waals surface area contributed by atoms with Crippen LogP contribution in [0.5, 0.6) is 5.75 Å². The number of carbonyl (C=O) groups is 1. The fourth-order valence-electron chi connectivity index (χ4n) is 1.32. The van der Waals surface area contributed by atoms with Gasteiger partial charge in [-0.3, -0.25) is 4.79 Å². The number of amides is 1. The molecule has 0 fully saturated rings. The monoisotopic (exact) mass is 208 g/mol. The van der Waals surface area contributed by atoms with Crippen LogP contribution >= 0.6 is 0 Å². The summed E-state index contributed by atoms with van der Waals surface area (Å²) < 4.78 is 5.35. The second kappa shape index (κ2) is 5.36. The smallest absolute Gasteiger partial charge is 0.221 e. The molecule has 15 heavy (non-hydrogen) atoms. The van der Waals surface area contributed by atoms with E-state index >= 15 is 0 Å². The van der Waals surface area contributed by atoms with E-state index in [0.717, 1.165) is 16.9 Å². The number of rotatable bonds is 5. The predicted octanol–water partition coefficient (Wildman–Crippen LogP) is 0.360. The number of aryl methyl sites for hydroxylation is 1. The van der Waals surface area contributed by atoms with E-state index in [2.05, 4.69) is 0 Å². The molecule has 0 aliphatic heterocycles. The quantitative estimate of drug-likeness (QED) is 0.733. The Balaban J connectivity index is 2.74. The molecule has 0 saturated heterocycles. The molecule has 0 aliphatic rings. The van der Waals surface area contributed by atoms with E-state index in [9.17, 15) is 4.79 Å². The molecule has 1 aromatic carbocycles. The highest BCUT2D eigenvalue weighted by molar-refractivity contribution is 5.77. The van der Waals surface area contributed by atoms with E-state index < -0.39 is 0 Å². The van der Waals surface area contributed by atoms with E-state index in [4.69, 9.17) is 16.2 Å². The van der Waals surface area contributed by atoms with Crippen LogP contribution in [0.25, 0.3) is 0 Å². The van der Waals surface area contributed by atoms with Gasteiger partial charge in [-0.05, 0) is 30.2 Å². The molecule has 82 valence electrons. The van der Waals surface area contributed by atoms with Crippen LogP contribution in [0, 0.1) is 6.92 Å². The van der Waals surface area contributed by atoms with Gasteiger partial charge in [0.05, 0.1) is 6.42 Å². The molecule has 0 spiro atoms. The highest BCUT2D eigenvalue weighted by Gasteiger charge is 2.03. The zero-order valence-electron chi connectivity index (χ0n) is 8.82. The summed E-state index contributed by atoms with van der Waals surface area (Å²) in [7, 11) is 0. The minimum absolute atomic E-state index is 0.267. The predicted molar refractivity (Wildman–Crippen MR) is 58.6 cm³/mol. The summed E-state index contributed by atoms with van der Waals surface area (Å²) in [6, 6.07) is 5.56. The second-order valence-corrected chi connectivity index (χ2v) is 3.37. The molecular formula is C11H16N2O2. The molecule has 0 saturated carbocycles. The van der Waals surface area contributed by atoms with E-state index in [1.807, 2.05) is 25.1 Å². The number of ether oxygens (including phenoxy) is 1. The Labute approximate surface area is 89.2 Å². The van der Waals surface area contributed by atoms with E-state index in [-0.39, 0.29) is 12.3 Å². The number of carbonyl (C=O) groups excluding carboxylic acids is 1. The Bertz CT molecular complexity index is 350.